The molecule has 0 spiro atoms. The standard InChI is InChI=1S/C10H14N2O2S/c1-7-5-15-9(12-7)4-8(13)10(11)2-3-14-6-10/h5H,2-4,6,11H2,1H3. The van der Waals surface area contributed by atoms with Gasteiger partial charge in [0.2, 0.25) is 0 Å². The van der Waals surface area contributed by atoms with Crippen molar-refractivity contribution in [2.24, 2.45) is 5.73 Å². The summed E-state index contributed by atoms with van der Waals surface area (Å²) in [5, 5.41) is 2.78. The number of aromatic nitrogens is 1. The normalized spacial score (nSPS) is 25.7. The number of ketones is 1. The van der Waals surface area contributed by atoms with E-state index in [1.807, 2.05) is 12.3 Å². The van der Waals surface area contributed by atoms with Gasteiger partial charge in [-0.05, 0) is 13.3 Å². The number of thiazole rings is 1. The predicted molar refractivity (Wildman–Crippen MR) is 57.9 cm³/mol. The summed E-state index contributed by atoms with van der Waals surface area (Å²) in [7, 11) is 0. The summed E-state index contributed by atoms with van der Waals surface area (Å²) in [6.07, 6.45) is 0.953. The van der Waals surface area contributed by atoms with Gasteiger partial charge in [-0.15, -0.1) is 11.3 Å². The Labute approximate surface area is 92.5 Å². The van der Waals surface area contributed by atoms with Crippen molar-refractivity contribution < 1.29 is 9.53 Å². The molecular weight excluding hydrogens is 212 g/mol. The number of nitrogens with zero attached hydrogens (tertiary/aromatic N) is 1. The Hall–Kier alpha value is -0.780. The summed E-state index contributed by atoms with van der Waals surface area (Å²) >= 11 is 1.51. The van der Waals surface area contributed by atoms with Crippen LogP contribution in [0.15, 0.2) is 5.38 Å². The van der Waals surface area contributed by atoms with Crippen LogP contribution in [0.3, 0.4) is 0 Å². The number of aryl methyl sites for hydroxylation is 1. The molecule has 4 nitrogen and oxygen atoms in total. The van der Waals surface area contributed by atoms with Gasteiger partial charge in [0.05, 0.1) is 13.0 Å². The summed E-state index contributed by atoms with van der Waals surface area (Å²) in [5.74, 6) is 0.0364. The van der Waals surface area contributed by atoms with Crippen LogP contribution >= 0.6 is 11.3 Å². The molecule has 2 rings (SSSR count). The largest absolute Gasteiger partial charge is 0.379 e. The lowest BCUT2D eigenvalue weighted by Gasteiger charge is -2.18. The number of hydrogen-bond donors (Lipinski definition) is 1. The van der Waals surface area contributed by atoms with Crippen LogP contribution in [0.25, 0.3) is 0 Å². The Balaban J connectivity index is 2.03. The maximum absolute atomic E-state index is 11.9. The number of hydrogen-bond acceptors (Lipinski definition) is 5. The Kier molecular flexibility index (Phi) is 2.86. The van der Waals surface area contributed by atoms with Gasteiger partial charge in [0, 0.05) is 17.7 Å². The van der Waals surface area contributed by atoms with Crippen molar-refractivity contribution in [3.05, 3.63) is 16.1 Å². The van der Waals surface area contributed by atoms with Crippen LogP contribution < -0.4 is 5.73 Å². The quantitative estimate of drug-likeness (QED) is 0.823. The van der Waals surface area contributed by atoms with Crippen LogP contribution in [0.4, 0.5) is 0 Å². The second-order valence-electron chi connectivity index (χ2n) is 3.94. The molecule has 2 N–H and O–H groups in total. The third-order valence-electron chi connectivity index (χ3n) is 2.59. The molecule has 82 valence electrons. The number of nitrogens with two attached hydrogens (primary N) is 1. The molecule has 1 aliphatic rings. The fourth-order valence-electron chi connectivity index (χ4n) is 1.60. The molecule has 0 saturated carbocycles. The van der Waals surface area contributed by atoms with E-state index in [0.717, 1.165) is 10.7 Å². The average molecular weight is 226 g/mol. The lowest BCUT2D eigenvalue weighted by molar-refractivity contribution is -0.123. The summed E-state index contributed by atoms with van der Waals surface area (Å²) in [6.45, 7) is 2.84. The first-order chi connectivity index (χ1) is 7.10. The minimum absolute atomic E-state index is 0.0364. The third kappa shape index (κ3) is 2.25. The minimum Gasteiger partial charge on any atom is -0.379 e. The molecule has 1 aliphatic heterocycles. The van der Waals surface area contributed by atoms with E-state index in [1.165, 1.54) is 11.3 Å². The Bertz CT molecular complexity index is 369. The summed E-state index contributed by atoms with van der Waals surface area (Å²) in [6, 6.07) is 0. The van der Waals surface area contributed by atoms with Gasteiger partial charge in [0.25, 0.3) is 0 Å². The third-order valence-corrected chi connectivity index (χ3v) is 3.55. The molecule has 0 aliphatic carbocycles. The summed E-state index contributed by atoms with van der Waals surface area (Å²) in [4.78, 5) is 16.2. The van der Waals surface area contributed by atoms with E-state index >= 15 is 0 Å². The fourth-order valence-corrected chi connectivity index (χ4v) is 2.37. The molecular formula is C10H14N2O2S. The molecule has 0 radical (unpaired) electrons. The highest BCUT2D eigenvalue weighted by Gasteiger charge is 2.37. The maximum atomic E-state index is 11.9. The molecule has 0 bridgehead atoms. The molecule has 2 heterocycles. The summed E-state index contributed by atoms with van der Waals surface area (Å²) < 4.78 is 5.16. The van der Waals surface area contributed by atoms with Gasteiger partial charge in [-0.3, -0.25) is 4.79 Å². The first-order valence-electron chi connectivity index (χ1n) is 4.91. The van der Waals surface area contributed by atoms with Crippen molar-refractivity contribution in [2.75, 3.05) is 13.2 Å². The van der Waals surface area contributed by atoms with Gasteiger partial charge in [0.15, 0.2) is 5.78 Å². The number of carbonyl (C=O) groups excluding carboxylic acids is 1. The summed E-state index contributed by atoms with van der Waals surface area (Å²) in [5.41, 5.74) is 6.14. The molecule has 5 heteroatoms. The van der Waals surface area contributed by atoms with Crippen LogP contribution in [0.2, 0.25) is 0 Å². The molecule has 1 unspecified atom stereocenters. The van der Waals surface area contributed by atoms with Crippen molar-refractivity contribution in [1.82, 2.24) is 4.98 Å². The van der Waals surface area contributed by atoms with Crippen LogP contribution in [-0.2, 0) is 16.0 Å². The topological polar surface area (TPSA) is 65.2 Å². The van der Waals surface area contributed by atoms with Gasteiger partial charge in [-0.2, -0.15) is 0 Å². The van der Waals surface area contributed by atoms with E-state index in [9.17, 15) is 4.79 Å². The van der Waals surface area contributed by atoms with E-state index in [-0.39, 0.29) is 5.78 Å². The maximum Gasteiger partial charge on any atom is 0.161 e. The highest BCUT2D eigenvalue weighted by atomic mass is 32.1. The SMILES string of the molecule is Cc1csc(CC(=O)C2(N)CCOC2)n1. The Morgan fingerprint density at radius 1 is 1.80 bits per heavy atom. The van der Waals surface area contributed by atoms with Gasteiger partial charge in [-0.1, -0.05) is 0 Å². The molecule has 1 aromatic rings. The van der Waals surface area contributed by atoms with Crippen LogP contribution in [-0.4, -0.2) is 29.5 Å². The first-order valence-corrected chi connectivity index (χ1v) is 5.79. The second kappa shape index (κ2) is 4.00. The van der Waals surface area contributed by atoms with Crippen molar-refractivity contribution in [3.8, 4) is 0 Å². The van der Waals surface area contributed by atoms with Gasteiger partial charge >= 0.3 is 0 Å². The van der Waals surface area contributed by atoms with Crippen LogP contribution in [0.1, 0.15) is 17.1 Å². The van der Waals surface area contributed by atoms with Crippen LogP contribution in [0, 0.1) is 6.92 Å². The van der Waals surface area contributed by atoms with Crippen LogP contribution in [0.5, 0.6) is 0 Å². The molecule has 1 fully saturated rings. The zero-order chi connectivity index (χ0) is 10.9. The smallest absolute Gasteiger partial charge is 0.161 e. The van der Waals surface area contributed by atoms with Crippen molar-refractivity contribution in [3.63, 3.8) is 0 Å². The molecule has 0 aromatic carbocycles. The molecule has 1 saturated heterocycles. The van der Waals surface area contributed by atoms with E-state index in [0.29, 0.717) is 26.1 Å². The van der Waals surface area contributed by atoms with E-state index in [1.54, 1.807) is 0 Å². The molecule has 0 amide bonds. The van der Waals surface area contributed by atoms with E-state index < -0.39 is 5.54 Å². The van der Waals surface area contributed by atoms with Crippen molar-refractivity contribution in [1.29, 1.82) is 0 Å². The second-order valence-corrected chi connectivity index (χ2v) is 4.88. The zero-order valence-electron chi connectivity index (χ0n) is 8.66. The minimum atomic E-state index is -0.778. The highest BCUT2D eigenvalue weighted by Crippen LogP contribution is 2.20. The lowest BCUT2D eigenvalue weighted by Crippen LogP contribution is -2.49. The highest BCUT2D eigenvalue weighted by molar-refractivity contribution is 7.09. The lowest BCUT2D eigenvalue weighted by atomic mass is 9.93. The van der Waals surface area contributed by atoms with Crippen molar-refractivity contribution in [2.45, 2.75) is 25.3 Å². The monoisotopic (exact) mass is 226 g/mol. The number of ether oxygens (including phenoxy) is 1. The molecule has 1 aromatic heterocycles. The zero-order valence-corrected chi connectivity index (χ0v) is 9.47. The number of rotatable bonds is 3. The van der Waals surface area contributed by atoms with Gasteiger partial charge in [-0.25, -0.2) is 4.98 Å². The van der Waals surface area contributed by atoms with E-state index in [2.05, 4.69) is 4.98 Å². The first kappa shape index (κ1) is 10.7. The number of carbonyl (C=O) groups is 1. The van der Waals surface area contributed by atoms with Crippen molar-refractivity contribution >= 4 is 17.1 Å². The van der Waals surface area contributed by atoms with Gasteiger partial charge < -0.3 is 10.5 Å². The molecule has 1 atom stereocenters. The molecule has 15 heavy (non-hydrogen) atoms. The average Bonchev–Trinajstić information content (AvgIpc) is 2.76. The number of Topliss-reactive ketones (excluding diaryl/α,β-unsaturated/α-hetero) is 1. The Morgan fingerprint density at radius 3 is 3.13 bits per heavy atom. The Morgan fingerprint density at radius 2 is 2.60 bits per heavy atom. The van der Waals surface area contributed by atoms with E-state index in [4.69, 9.17) is 10.5 Å². The predicted octanol–water partition coefficient (Wildman–Crippen LogP) is 0.681. The van der Waals surface area contributed by atoms with Gasteiger partial charge in [0.1, 0.15) is 10.5 Å². The fraction of sp³-hybridized carbons (Fsp3) is 0.600.